The van der Waals surface area contributed by atoms with Crippen molar-refractivity contribution in [1.29, 1.82) is 0 Å². The summed E-state index contributed by atoms with van der Waals surface area (Å²) < 4.78 is 5.68. The Balaban J connectivity index is 1.49. The van der Waals surface area contributed by atoms with Gasteiger partial charge in [-0.2, -0.15) is 0 Å². The van der Waals surface area contributed by atoms with Crippen LogP contribution in [0.4, 0.5) is 5.82 Å². The van der Waals surface area contributed by atoms with Gasteiger partial charge in [0.2, 0.25) is 0 Å². The zero-order valence-corrected chi connectivity index (χ0v) is 19.2. The molecule has 164 valence electrons. The van der Waals surface area contributed by atoms with E-state index in [4.69, 9.17) is 14.7 Å². The van der Waals surface area contributed by atoms with E-state index in [-0.39, 0.29) is 5.41 Å². The predicted octanol–water partition coefficient (Wildman–Crippen LogP) is 5.64. The van der Waals surface area contributed by atoms with Gasteiger partial charge in [0, 0.05) is 35.4 Å². The lowest BCUT2D eigenvalue weighted by Gasteiger charge is -2.40. The Morgan fingerprint density at radius 2 is 1.66 bits per heavy atom. The minimum atomic E-state index is 0.181. The van der Waals surface area contributed by atoms with Crippen molar-refractivity contribution in [3.05, 3.63) is 71.3 Å². The average Bonchev–Trinajstić information content (AvgIpc) is 3.32. The molecule has 2 aromatic carbocycles. The summed E-state index contributed by atoms with van der Waals surface area (Å²) in [6.45, 7) is 3.36. The third kappa shape index (κ3) is 3.61. The number of benzene rings is 2. The van der Waals surface area contributed by atoms with E-state index in [0.29, 0.717) is 0 Å². The monoisotopic (exact) mass is 443 g/mol. The molecule has 0 radical (unpaired) electrons. The highest BCUT2D eigenvalue weighted by molar-refractivity contribution is 7.98. The van der Waals surface area contributed by atoms with Gasteiger partial charge in [0.1, 0.15) is 5.82 Å². The Hall–Kier alpha value is -2.37. The van der Waals surface area contributed by atoms with E-state index in [9.17, 15) is 0 Å². The van der Waals surface area contributed by atoms with Crippen LogP contribution in [0.25, 0.3) is 11.3 Å². The van der Waals surface area contributed by atoms with E-state index >= 15 is 0 Å². The van der Waals surface area contributed by atoms with Crippen molar-refractivity contribution in [3.8, 4) is 11.3 Å². The minimum absolute atomic E-state index is 0.181. The fourth-order valence-electron chi connectivity index (χ4n) is 5.74. The maximum atomic E-state index is 5.68. The second-order valence-electron chi connectivity index (χ2n) is 9.25. The molecule has 0 N–H and O–H groups in total. The Morgan fingerprint density at radius 3 is 2.47 bits per heavy atom. The molecular formula is C27H29N3OS. The molecule has 0 amide bonds. The first-order valence-corrected chi connectivity index (χ1v) is 12.8. The number of hydrogen-bond donors (Lipinski definition) is 0. The molecule has 2 heterocycles. The Labute approximate surface area is 194 Å². The van der Waals surface area contributed by atoms with E-state index < -0.39 is 0 Å². The highest BCUT2D eigenvalue weighted by Gasteiger charge is 2.45. The van der Waals surface area contributed by atoms with Crippen molar-refractivity contribution in [2.24, 2.45) is 0 Å². The molecule has 0 bridgehead atoms. The lowest BCUT2D eigenvalue weighted by atomic mass is 9.68. The first-order valence-electron chi connectivity index (χ1n) is 11.8. The van der Waals surface area contributed by atoms with Crippen molar-refractivity contribution < 1.29 is 4.74 Å². The second kappa shape index (κ2) is 8.53. The maximum absolute atomic E-state index is 5.68. The lowest BCUT2D eigenvalue weighted by Crippen LogP contribution is -2.40. The molecule has 1 saturated heterocycles. The summed E-state index contributed by atoms with van der Waals surface area (Å²) in [6, 6.07) is 19.5. The van der Waals surface area contributed by atoms with Crippen LogP contribution >= 0.6 is 11.8 Å². The number of morpholine rings is 1. The van der Waals surface area contributed by atoms with E-state index in [0.717, 1.165) is 43.6 Å². The molecule has 2 aliphatic carbocycles. The number of aromatic nitrogens is 2. The van der Waals surface area contributed by atoms with Crippen molar-refractivity contribution in [2.75, 3.05) is 31.2 Å². The van der Waals surface area contributed by atoms with Gasteiger partial charge in [0.15, 0.2) is 5.16 Å². The summed E-state index contributed by atoms with van der Waals surface area (Å²) in [5, 5.41) is 0.888. The van der Waals surface area contributed by atoms with Crippen LogP contribution in [0.3, 0.4) is 0 Å². The number of anilines is 1. The summed E-state index contributed by atoms with van der Waals surface area (Å²) in [6.07, 6.45) is 6.20. The largest absolute Gasteiger partial charge is 0.378 e. The summed E-state index contributed by atoms with van der Waals surface area (Å²) in [5.41, 5.74) is 6.84. The van der Waals surface area contributed by atoms with Gasteiger partial charge in [-0.15, -0.1) is 0 Å². The van der Waals surface area contributed by atoms with E-state index in [1.54, 1.807) is 11.8 Å². The van der Waals surface area contributed by atoms with Crippen LogP contribution < -0.4 is 4.90 Å². The molecular weight excluding hydrogens is 414 g/mol. The van der Waals surface area contributed by atoms with Crippen LogP contribution in [0.2, 0.25) is 0 Å². The van der Waals surface area contributed by atoms with Gasteiger partial charge in [-0.3, -0.25) is 0 Å². The third-order valence-electron chi connectivity index (χ3n) is 7.28. The van der Waals surface area contributed by atoms with E-state index in [1.807, 2.05) is 0 Å². The lowest BCUT2D eigenvalue weighted by molar-refractivity contribution is 0.122. The van der Waals surface area contributed by atoms with Crippen LogP contribution in [-0.4, -0.2) is 36.3 Å². The average molecular weight is 444 g/mol. The molecule has 4 nitrogen and oxygen atoms in total. The van der Waals surface area contributed by atoms with Gasteiger partial charge in [0.05, 0.1) is 18.9 Å². The maximum Gasteiger partial charge on any atom is 0.190 e. The van der Waals surface area contributed by atoms with Crippen molar-refractivity contribution in [2.45, 2.75) is 48.4 Å². The number of hydrogen-bond acceptors (Lipinski definition) is 5. The Bertz CT molecular complexity index is 1110. The van der Waals surface area contributed by atoms with Crippen molar-refractivity contribution >= 4 is 17.6 Å². The van der Waals surface area contributed by atoms with Crippen LogP contribution in [0.5, 0.6) is 0 Å². The van der Waals surface area contributed by atoms with E-state index in [1.165, 1.54) is 59.4 Å². The summed E-state index contributed by atoms with van der Waals surface area (Å²) in [5.74, 6) is 2.06. The molecule has 5 heteroatoms. The van der Waals surface area contributed by atoms with Crippen molar-refractivity contribution in [3.63, 3.8) is 0 Å². The molecule has 32 heavy (non-hydrogen) atoms. The fraction of sp³-hybridized carbons (Fsp3) is 0.407. The van der Waals surface area contributed by atoms with Gasteiger partial charge >= 0.3 is 0 Å². The molecule has 0 atom stereocenters. The van der Waals surface area contributed by atoms with Crippen LogP contribution in [0, 0.1) is 0 Å². The SMILES string of the molecule is c1ccc(CSc2nc3c(c(N4CCOCC4)n2)C2(CCCC2)Cc2ccccc2-3)cc1. The van der Waals surface area contributed by atoms with Gasteiger partial charge in [-0.1, -0.05) is 79.2 Å². The number of nitrogens with zero attached hydrogens (tertiary/aromatic N) is 3. The zero-order valence-electron chi connectivity index (χ0n) is 18.4. The van der Waals surface area contributed by atoms with Crippen molar-refractivity contribution in [1.82, 2.24) is 9.97 Å². The van der Waals surface area contributed by atoms with Crippen LogP contribution in [0.1, 0.15) is 42.4 Å². The zero-order chi connectivity index (χ0) is 21.4. The van der Waals surface area contributed by atoms with Gasteiger partial charge in [0.25, 0.3) is 0 Å². The molecule has 1 aliphatic heterocycles. The predicted molar refractivity (Wildman–Crippen MR) is 130 cm³/mol. The summed E-state index contributed by atoms with van der Waals surface area (Å²) in [4.78, 5) is 12.9. The summed E-state index contributed by atoms with van der Waals surface area (Å²) >= 11 is 1.75. The second-order valence-corrected chi connectivity index (χ2v) is 10.2. The first-order chi connectivity index (χ1) is 15.8. The molecule has 3 aromatic rings. The fourth-order valence-corrected chi connectivity index (χ4v) is 6.53. The molecule has 1 aromatic heterocycles. The molecule has 0 unspecified atom stereocenters. The molecule has 1 saturated carbocycles. The number of rotatable bonds is 4. The van der Waals surface area contributed by atoms with E-state index in [2.05, 4.69) is 59.5 Å². The molecule has 6 rings (SSSR count). The third-order valence-corrected chi connectivity index (χ3v) is 8.20. The Morgan fingerprint density at radius 1 is 0.906 bits per heavy atom. The Kier molecular flexibility index (Phi) is 5.40. The van der Waals surface area contributed by atoms with Gasteiger partial charge < -0.3 is 9.64 Å². The number of thioether (sulfide) groups is 1. The first kappa shape index (κ1) is 20.3. The van der Waals surface area contributed by atoms with Gasteiger partial charge in [-0.05, 0) is 30.4 Å². The summed E-state index contributed by atoms with van der Waals surface area (Å²) in [7, 11) is 0. The van der Waals surface area contributed by atoms with Crippen LogP contribution in [0.15, 0.2) is 59.8 Å². The highest BCUT2D eigenvalue weighted by Crippen LogP contribution is 2.54. The molecule has 1 spiro atoms. The smallest absolute Gasteiger partial charge is 0.190 e. The number of fused-ring (bicyclic) bond motifs is 4. The van der Waals surface area contributed by atoms with Gasteiger partial charge in [-0.25, -0.2) is 9.97 Å². The number of ether oxygens (including phenoxy) is 1. The minimum Gasteiger partial charge on any atom is -0.378 e. The highest BCUT2D eigenvalue weighted by atomic mass is 32.2. The van der Waals surface area contributed by atoms with Crippen LogP contribution in [-0.2, 0) is 22.3 Å². The molecule has 3 aliphatic rings. The normalized spacial score (nSPS) is 19.1. The molecule has 2 fully saturated rings. The topological polar surface area (TPSA) is 38.2 Å². The standard InChI is InChI=1S/C27H29N3OS/c1-2-8-20(9-3-1)19-32-26-28-24-22-11-5-4-10-21(22)18-27(12-6-7-13-27)23(24)25(29-26)30-14-16-31-17-15-30/h1-5,8-11H,6-7,12-19H2. The quantitative estimate of drug-likeness (QED) is 0.385.